The number of carbonyl (C=O) groups is 1. The second-order valence-electron chi connectivity index (χ2n) is 5.97. The highest BCUT2D eigenvalue weighted by molar-refractivity contribution is 8.00. The number of ether oxygens (including phenoxy) is 2. The first-order valence-corrected chi connectivity index (χ1v) is 9.21. The van der Waals surface area contributed by atoms with Gasteiger partial charge < -0.3 is 14.8 Å². The number of carbonyl (C=O) groups excluding carboxylic acids is 1. The zero-order valence-corrected chi connectivity index (χ0v) is 15.1. The van der Waals surface area contributed by atoms with Crippen LogP contribution in [0.2, 0.25) is 0 Å². The van der Waals surface area contributed by atoms with Crippen molar-refractivity contribution >= 4 is 17.7 Å². The lowest BCUT2D eigenvalue weighted by atomic mass is 10.1. The molecule has 1 atom stereocenters. The van der Waals surface area contributed by atoms with E-state index in [0.717, 1.165) is 17.7 Å². The predicted octanol–water partition coefficient (Wildman–Crippen LogP) is 4.02. The third-order valence-electron chi connectivity index (χ3n) is 4.24. The standard InChI is InChI=1S/C18H27NO3S/c1-13(18(20)19-14-8-6-4-5-7-9-14)23-15-10-11-16(21-2)17(12-15)22-3/h10-14H,4-9H2,1-3H3,(H,19,20)/t13-/m1/s1. The van der Waals surface area contributed by atoms with Crippen molar-refractivity contribution in [3.05, 3.63) is 18.2 Å². The Morgan fingerprint density at radius 2 is 1.78 bits per heavy atom. The Labute approximate surface area is 143 Å². The molecular weight excluding hydrogens is 310 g/mol. The monoisotopic (exact) mass is 337 g/mol. The molecule has 1 amide bonds. The van der Waals surface area contributed by atoms with Gasteiger partial charge in [0.15, 0.2) is 11.5 Å². The number of benzene rings is 1. The normalized spacial score (nSPS) is 17.2. The Morgan fingerprint density at radius 3 is 2.39 bits per heavy atom. The highest BCUT2D eigenvalue weighted by atomic mass is 32.2. The SMILES string of the molecule is COc1ccc(S[C@H](C)C(=O)NC2CCCCCC2)cc1OC. The molecule has 0 spiro atoms. The van der Waals surface area contributed by atoms with E-state index in [-0.39, 0.29) is 11.2 Å². The molecule has 4 nitrogen and oxygen atoms in total. The Bertz CT molecular complexity index is 513. The Kier molecular flexibility index (Phi) is 7.09. The van der Waals surface area contributed by atoms with Gasteiger partial charge in [0.1, 0.15) is 0 Å². The molecule has 5 heteroatoms. The third-order valence-corrected chi connectivity index (χ3v) is 5.33. The molecular formula is C18H27NO3S. The molecule has 0 bridgehead atoms. The second-order valence-corrected chi connectivity index (χ2v) is 7.39. The van der Waals surface area contributed by atoms with Crippen molar-refractivity contribution in [3.63, 3.8) is 0 Å². The van der Waals surface area contributed by atoms with Gasteiger partial charge in [-0.2, -0.15) is 0 Å². The Balaban J connectivity index is 1.92. The van der Waals surface area contributed by atoms with E-state index in [9.17, 15) is 4.79 Å². The second kappa shape index (κ2) is 9.06. The number of methoxy groups -OCH3 is 2. The quantitative estimate of drug-likeness (QED) is 0.629. The first-order chi connectivity index (χ1) is 11.1. The fourth-order valence-electron chi connectivity index (χ4n) is 2.89. The van der Waals surface area contributed by atoms with Gasteiger partial charge >= 0.3 is 0 Å². The van der Waals surface area contributed by atoms with E-state index in [1.807, 2.05) is 25.1 Å². The first kappa shape index (κ1) is 18.0. The van der Waals surface area contributed by atoms with Gasteiger partial charge in [-0.05, 0) is 38.0 Å². The van der Waals surface area contributed by atoms with Gasteiger partial charge in [0, 0.05) is 10.9 Å². The van der Waals surface area contributed by atoms with Crippen LogP contribution in [0.15, 0.2) is 23.1 Å². The number of hydrogen-bond acceptors (Lipinski definition) is 4. The molecule has 1 aromatic rings. The van der Waals surface area contributed by atoms with Crippen LogP contribution in [-0.2, 0) is 4.79 Å². The summed E-state index contributed by atoms with van der Waals surface area (Å²) >= 11 is 1.55. The average Bonchev–Trinajstić information content (AvgIpc) is 2.83. The molecule has 1 aliphatic carbocycles. The maximum absolute atomic E-state index is 12.4. The molecule has 1 N–H and O–H groups in total. The highest BCUT2D eigenvalue weighted by Gasteiger charge is 2.20. The highest BCUT2D eigenvalue weighted by Crippen LogP contribution is 2.33. The van der Waals surface area contributed by atoms with Crippen LogP contribution < -0.4 is 14.8 Å². The summed E-state index contributed by atoms with van der Waals surface area (Å²) < 4.78 is 10.6. The van der Waals surface area contributed by atoms with Gasteiger partial charge in [-0.3, -0.25) is 4.79 Å². The average molecular weight is 337 g/mol. The smallest absolute Gasteiger partial charge is 0.233 e. The van der Waals surface area contributed by atoms with Crippen LogP contribution in [0.4, 0.5) is 0 Å². The van der Waals surface area contributed by atoms with Gasteiger partial charge in [-0.15, -0.1) is 11.8 Å². The van der Waals surface area contributed by atoms with Crippen molar-refractivity contribution in [1.29, 1.82) is 0 Å². The van der Waals surface area contributed by atoms with E-state index in [0.29, 0.717) is 17.5 Å². The molecule has 1 fully saturated rings. The lowest BCUT2D eigenvalue weighted by molar-refractivity contribution is -0.121. The fourth-order valence-corrected chi connectivity index (χ4v) is 3.79. The number of rotatable bonds is 6. The summed E-state index contributed by atoms with van der Waals surface area (Å²) in [5.74, 6) is 1.51. The molecule has 0 heterocycles. The minimum Gasteiger partial charge on any atom is -0.493 e. The molecule has 1 aliphatic rings. The fraction of sp³-hybridized carbons (Fsp3) is 0.611. The molecule has 128 valence electrons. The lowest BCUT2D eigenvalue weighted by Gasteiger charge is -2.19. The number of hydrogen-bond donors (Lipinski definition) is 1. The van der Waals surface area contributed by atoms with Crippen LogP contribution >= 0.6 is 11.8 Å². The summed E-state index contributed by atoms with van der Waals surface area (Å²) in [7, 11) is 3.24. The van der Waals surface area contributed by atoms with E-state index in [1.54, 1.807) is 26.0 Å². The minimum atomic E-state index is -0.128. The van der Waals surface area contributed by atoms with E-state index in [1.165, 1.54) is 25.7 Å². The molecule has 1 saturated carbocycles. The molecule has 0 unspecified atom stereocenters. The maximum Gasteiger partial charge on any atom is 0.233 e. The number of nitrogens with one attached hydrogen (secondary N) is 1. The summed E-state index contributed by atoms with van der Waals surface area (Å²) in [5.41, 5.74) is 0. The first-order valence-electron chi connectivity index (χ1n) is 8.33. The summed E-state index contributed by atoms with van der Waals surface area (Å²) in [6, 6.07) is 6.09. The van der Waals surface area contributed by atoms with E-state index in [4.69, 9.17) is 9.47 Å². The van der Waals surface area contributed by atoms with Crippen molar-refractivity contribution in [2.24, 2.45) is 0 Å². The van der Waals surface area contributed by atoms with E-state index >= 15 is 0 Å². The minimum absolute atomic E-state index is 0.122. The van der Waals surface area contributed by atoms with Crippen LogP contribution in [0.5, 0.6) is 11.5 Å². The van der Waals surface area contributed by atoms with Gasteiger partial charge in [0.25, 0.3) is 0 Å². The van der Waals surface area contributed by atoms with Crippen molar-refractivity contribution in [3.8, 4) is 11.5 Å². The maximum atomic E-state index is 12.4. The van der Waals surface area contributed by atoms with E-state index < -0.39 is 0 Å². The summed E-state index contributed by atoms with van der Waals surface area (Å²) in [6.45, 7) is 1.95. The predicted molar refractivity (Wildman–Crippen MR) is 94.5 cm³/mol. The van der Waals surface area contributed by atoms with Gasteiger partial charge in [0.05, 0.1) is 19.5 Å². The molecule has 23 heavy (non-hydrogen) atoms. The summed E-state index contributed by atoms with van der Waals surface area (Å²) in [6.07, 6.45) is 7.26. The largest absolute Gasteiger partial charge is 0.493 e. The molecule has 0 radical (unpaired) electrons. The van der Waals surface area contributed by atoms with Gasteiger partial charge in [-0.1, -0.05) is 25.7 Å². The number of thioether (sulfide) groups is 1. The van der Waals surface area contributed by atoms with Crippen molar-refractivity contribution in [2.75, 3.05) is 14.2 Å². The summed E-state index contributed by atoms with van der Waals surface area (Å²) in [4.78, 5) is 13.4. The van der Waals surface area contributed by atoms with Gasteiger partial charge in [-0.25, -0.2) is 0 Å². The van der Waals surface area contributed by atoms with E-state index in [2.05, 4.69) is 5.32 Å². The molecule has 2 rings (SSSR count). The molecule has 0 aliphatic heterocycles. The molecule has 1 aromatic carbocycles. The third kappa shape index (κ3) is 5.34. The zero-order chi connectivity index (χ0) is 16.7. The Hall–Kier alpha value is -1.36. The topological polar surface area (TPSA) is 47.6 Å². The number of amides is 1. The van der Waals surface area contributed by atoms with Crippen LogP contribution in [0.25, 0.3) is 0 Å². The van der Waals surface area contributed by atoms with Crippen molar-refractivity contribution < 1.29 is 14.3 Å². The van der Waals surface area contributed by atoms with Crippen LogP contribution in [-0.4, -0.2) is 31.4 Å². The Morgan fingerprint density at radius 1 is 1.13 bits per heavy atom. The van der Waals surface area contributed by atoms with Crippen LogP contribution in [0.1, 0.15) is 45.4 Å². The molecule has 0 saturated heterocycles. The zero-order valence-electron chi connectivity index (χ0n) is 14.3. The molecule has 0 aromatic heterocycles. The van der Waals surface area contributed by atoms with Crippen molar-refractivity contribution in [2.45, 2.75) is 61.6 Å². The van der Waals surface area contributed by atoms with Gasteiger partial charge in [0.2, 0.25) is 5.91 Å². The van der Waals surface area contributed by atoms with Crippen LogP contribution in [0, 0.1) is 0 Å². The van der Waals surface area contributed by atoms with Crippen LogP contribution in [0.3, 0.4) is 0 Å². The lowest BCUT2D eigenvalue weighted by Crippen LogP contribution is -2.39. The van der Waals surface area contributed by atoms with Crippen molar-refractivity contribution in [1.82, 2.24) is 5.32 Å². The summed E-state index contributed by atoms with van der Waals surface area (Å²) in [5, 5.41) is 3.09.